The first-order valence-electron chi connectivity index (χ1n) is 11.9. The molecule has 7 heteroatoms. The van der Waals surface area contributed by atoms with Crippen molar-refractivity contribution in [2.75, 3.05) is 13.1 Å². The lowest BCUT2D eigenvalue weighted by atomic mass is 9.66. The van der Waals surface area contributed by atoms with E-state index in [1.54, 1.807) is 12.4 Å². The van der Waals surface area contributed by atoms with E-state index in [-0.39, 0.29) is 17.5 Å². The highest BCUT2D eigenvalue weighted by molar-refractivity contribution is 5.57. The first-order chi connectivity index (χ1) is 16.4. The summed E-state index contributed by atoms with van der Waals surface area (Å²) < 4.78 is 28.5. The summed E-state index contributed by atoms with van der Waals surface area (Å²) >= 11 is 0. The Kier molecular flexibility index (Phi) is 6.08. The number of likely N-dealkylation sites (tertiary alicyclic amines) is 1. The zero-order valence-corrected chi connectivity index (χ0v) is 19.1. The van der Waals surface area contributed by atoms with Gasteiger partial charge in [-0.15, -0.1) is 0 Å². The summed E-state index contributed by atoms with van der Waals surface area (Å²) in [6.45, 7) is 1.98. The molecule has 2 fully saturated rings. The normalized spacial score (nSPS) is 22.3. The molecule has 2 aromatic carbocycles. The molecule has 34 heavy (non-hydrogen) atoms. The average Bonchev–Trinajstić information content (AvgIpc) is 3.31. The Morgan fingerprint density at radius 3 is 2.44 bits per heavy atom. The molecule has 0 radical (unpaired) electrons. The number of hydrogen-bond donors (Lipinski definition) is 1. The van der Waals surface area contributed by atoms with Gasteiger partial charge in [-0.05, 0) is 37.0 Å². The molecule has 2 heterocycles. The highest BCUT2D eigenvalue weighted by atomic mass is 19.2. The molecule has 3 aromatic rings. The Hall–Kier alpha value is -2.90. The molecular weight excluding hydrogens is 436 g/mol. The minimum absolute atomic E-state index is 0.181. The monoisotopic (exact) mass is 465 g/mol. The van der Waals surface area contributed by atoms with Gasteiger partial charge < -0.3 is 5.11 Å². The lowest BCUT2D eigenvalue weighted by molar-refractivity contribution is -0.144. The molecule has 1 aliphatic carbocycles. The first kappa shape index (κ1) is 22.9. The van der Waals surface area contributed by atoms with E-state index in [1.165, 1.54) is 16.7 Å². The molecule has 5 nitrogen and oxygen atoms in total. The van der Waals surface area contributed by atoms with Gasteiger partial charge in [0, 0.05) is 36.7 Å². The van der Waals surface area contributed by atoms with Crippen molar-refractivity contribution in [2.24, 2.45) is 5.41 Å². The van der Waals surface area contributed by atoms with Crippen molar-refractivity contribution in [1.82, 2.24) is 14.5 Å². The summed E-state index contributed by atoms with van der Waals surface area (Å²) in [4.78, 5) is 19.6. The molecule has 0 unspecified atom stereocenters. The number of aliphatic hydroxyl groups is 1. The lowest BCUT2D eigenvalue weighted by Crippen LogP contribution is -2.61. The van der Waals surface area contributed by atoms with Crippen LogP contribution in [0.2, 0.25) is 0 Å². The summed E-state index contributed by atoms with van der Waals surface area (Å²) in [5.74, 6) is -1.69. The minimum atomic E-state index is -1.03. The van der Waals surface area contributed by atoms with Gasteiger partial charge in [-0.3, -0.25) is 14.3 Å². The van der Waals surface area contributed by atoms with Gasteiger partial charge in [0.1, 0.15) is 0 Å². The zero-order chi connectivity index (χ0) is 23.8. The van der Waals surface area contributed by atoms with Crippen molar-refractivity contribution in [3.05, 3.63) is 88.5 Å². The average molecular weight is 466 g/mol. The molecule has 1 spiro atoms. The fourth-order valence-electron chi connectivity index (χ4n) is 5.81. The van der Waals surface area contributed by atoms with Gasteiger partial charge in [0.2, 0.25) is 0 Å². The van der Waals surface area contributed by atoms with Crippen LogP contribution in [0.15, 0.2) is 65.7 Å². The molecule has 0 amide bonds. The molecule has 1 aromatic heterocycles. The molecule has 1 saturated carbocycles. The van der Waals surface area contributed by atoms with E-state index >= 15 is 0 Å². The van der Waals surface area contributed by atoms with Crippen molar-refractivity contribution in [3.63, 3.8) is 0 Å². The predicted molar refractivity (Wildman–Crippen MR) is 126 cm³/mol. The van der Waals surface area contributed by atoms with Crippen molar-refractivity contribution < 1.29 is 13.9 Å². The Bertz CT molecular complexity index is 1220. The maximum atomic E-state index is 13.7. The predicted octanol–water partition coefficient (Wildman–Crippen LogP) is 4.39. The summed E-state index contributed by atoms with van der Waals surface area (Å²) in [5, 5.41) is 11.9. The lowest BCUT2D eigenvalue weighted by Gasteiger charge is -2.52. The van der Waals surface area contributed by atoms with Gasteiger partial charge in [-0.2, -0.15) is 0 Å². The number of benzene rings is 2. The highest BCUT2D eigenvalue weighted by Gasteiger charge is 2.54. The van der Waals surface area contributed by atoms with Crippen LogP contribution < -0.4 is 5.56 Å². The van der Waals surface area contributed by atoms with Gasteiger partial charge in [-0.1, -0.05) is 49.2 Å². The van der Waals surface area contributed by atoms with E-state index in [1.807, 2.05) is 30.3 Å². The van der Waals surface area contributed by atoms with E-state index in [9.17, 15) is 18.7 Å². The fraction of sp³-hybridized carbons (Fsp3) is 0.407. The first-order valence-corrected chi connectivity index (χ1v) is 11.9. The third-order valence-electron chi connectivity index (χ3n) is 7.69. The van der Waals surface area contributed by atoms with E-state index in [2.05, 4.69) is 9.88 Å². The second-order valence-corrected chi connectivity index (χ2v) is 9.83. The largest absolute Gasteiger partial charge is 0.387 e. The molecule has 178 valence electrons. The van der Waals surface area contributed by atoms with Crippen molar-refractivity contribution >= 4 is 0 Å². The van der Waals surface area contributed by atoms with Crippen LogP contribution in [0.4, 0.5) is 8.78 Å². The molecule has 0 bridgehead atoms. The Morgan fingerprint density at radius 1 is 0.971 bits per heavy atom. The Balaban J connectivity index is 1.36. The smallest absolute Gasteiger partial charge is 0.253 e. The van der Waals surface area contributed by atoms with Crippen molar-refractivity contribution in [2.45, 2.75) is 50.8 Å². The second-order valence-electron chi connectivity index (χ2n) is 9.83. The quantitative estimate of drug-likeness (QED) is 0.607. The molecule has 2 aliphatic rings. The zero-order valence-electron chi connectivity index (χ0n) is 19.1. The molecule has 1 saturated heterocycles. The van der Waals surface area contributed by atoms with Crippen LogP contribution in [-0.2, 0) is 13.1 Å². The van der Waals surface area contributed by atoms with Gasteiger partial charge in [0.05, 0.1) is 24.2 Å². The van der Waals surface area contributed by atoms with Crippen molar-refractivity contribution in [1.29, 1.82) is 0 Å². The van der Waals surface area contributed by atoms with Crippen LogP contribution in [0.1, 0.15) is 37.7 Å². The number of nitrogens with zero attached hydrogens (tertiary/aromatic N) is 3. The van der Waals surface area contributed by atoms with E-state index in [0.29, 0.717) is 31.7 Å². The van der Waals surface area contributed by atoms with Gasteiger partial charge in [0.15, 0.2) is 11.6 Å². The Morgan fingerprint density at radius 2 is 1.74 bits per heavy atom. The van der Waals surface area contributed by atoms with Crippen LogP contribution in [0.25, 0.3) is 11.3 Å². The van der Waals surface area contributed by atoms with Gasteiger partial charge in [-0.25, -0.2) is 13.8 Å². The van der Waals surface area contributed by atoms with Crippen LogP contribution in [0.5, 0.6) is 0 Å². The third kappa shape index (κ3) is 4.30. The maximum absolute atomic E-state index is 13.7. The molecule has 1 atom stereocenters. The second kappa shape index (κ2) is 9.04. The molecule has 5 rings (SSSR count). The van der Waals surface area contributed by atoms with Crippen LogP contribution in [0, 0.1) is 17.0 Å². The maximum Gasteiger partial charge on any atom is 0.253 e. The van der Waals surface area contributed by atoms with Crippen molar-refractivity contribution in [3.8, 4) is 11.3 Å². The molecule has 1 N–H and O–H groups in total. The minimum Gasteiger partial charge on any atom is -0.387 e. The number of aromatic nitrogens is 2. The van der Waals surface area contributed by atoms with Crippen LogP contribution in [-0.4, -0.2) is 38.2 Å². The standard InChI is InChI=1S/C27H29F2N3O2/c28-22-9-8-20(14-23(22)29)16-31-13-12-27(34,26(17-31)10-4-5-11-26)18-32-19-30-24(15-25(32)33)21-6-2-1-3-7-21/h1-3,6-9,14-15,19,34H,4-5,10-13,16-18H2/t27-/m1/s1. The number of rotatable bonds is 5. The van der Waals surface area contributed by atoms with Crippen LogP contribution >= 0.6 is 0 Å². The third-order valence-corrected chi connectivity index (χ3v) is 7.69. The topological polar surface area (TPSA) is 58.4 Å². The summed E-state index contributed by atoms with van der Waals surface area (Å²) in [6.07, 6.45) is 5.86. The fourth-order valence-corrected chi connectivity index (χ4v) is 5.81. The number of piperidine rings is 1. The highest BCUT2D eigenvalue weighted by Crippen LogP contribution is 2.51. The van der Waals surface area contributed by atoms with E-state index in [4.69, 9.17) is 0 Å². The Labute approximate surface area is 197 Å². The molecule has 1 aliphatic heterocycles. The molecular formula is C27H29F2N3O2. The number of halogens is 2. The number of hydrogen-bond acceptors (Lipinski definition) is 4. The van der Waals surface area contributed by atoms with Crippen LogP contribution in [0.3, 0.4) is 0 Å². The summed E-state index contributed by atoms with van der Waals surface area (Å²) in [5.41, 5.74) is 0.651. The SMILES string of the molecule is O=c1cc(-c2ccccc2)ncn1C[C@]1(O)CCN(Cc2ccc(F)c(F)c2)CC12CCCC2. The van der Waals surface area contributed by atoms with E-state index in [0.717, 1.165) is 42.9 Å². The summed E-state index contributed by atoms with van der Waals surface area (Å²) in [7, 11) is 0. The summed E-state index contributed by atoms with van der Waals surface area (Å²) in [6, 6.07) is 15.1. The van der Waals surface area contributed by atoms with Gasteiger partial charge in [0.25, 0.3) is 5.56 Å². The van der Waals surface area contributed by atoms with Gasteiger partial charge >= 0.3 is 0 Å². The van der Waals surface area contributed by atoms with E-state index < -0.39 is 17.2 Å².